The minimum atomic E-state index is -3.69. The zero-order valence-corrected chi connectivity index (χ0v) is 16.8. The summed E-state index contributed by atoms with van der Waals surface area (Å²) in [7, 11) is -2.83. The predicted molar refractivity (Wildman–Crippen MR) is 32.0 cm³/mol. The van der Waals surface area contributed by atoms with Crippen molar-refractivity contribution in [1.82, 2.24) is 0 Å². The molecule has 16 heteroatoms. The van der Waals surface area contributed by atoms with E-state index in [-0.39, 0.29) is 64.6 Å². The average Bonchev–Trinajstić information content (AvgIpc) is 1.88. The van der Waals surface area contributed by atoms with Crippen LogP contribution in [0.5, 0.6) is 0 Å². The third-order valence-corrected chi connectivity index (χ3v) is 0. The van der Waals surface area contributed by atoms with Gasteiger partial charge in [0, 0.05) is 29.6 Å². The second-order valence-corrected chi connectivity index (χ2v) is 1.79. The third kappa shape index (κ3) is 840. The van der Waals surface area contributed by atoms with E-state index in [1.165, 1.54) is 0 Å². The molecule has 0 heterocycles. The van der Waals surface area contributed by atoms with Crippen LogP contribution < -0.4 is 29.6 Å². The van der Waals surface area contributed by atoms with Crippen molar-refractivity contribution in [2.45, 2.75) is 0 Å². The molecule has 0 amide bonds. The fourth-order valence-electron chi connectivity index (χ4n) is 0. The average molecular weight is 374 g/mol. The summed E-state index contributed by atoms with van der Waals surface area (Å²) in [5, 5.41) is 0. The van der Waals surface area contributed by atoms with Crippen LogP contribution >= 0.6 is 16.7 Å². The Morgan fingerprint density at radius 2 is 0.938 bits per heavy atom. The zero-order valence-electron chi connectivity index (χ0n) is 8.05. The second kappa shape index (κ2) is 67.6. The second-order valence-electron chi connectivity index (χ2n) is 0.479. The van der Waals surface area contributed by atoms with Gasteiger partial charge in [-0.25, -0.2) is 18.3 Å². The molecule has 1 radical (unpaired) electrons. The molecule has 0 aliphatic carbocycles. The molecule has 0 fully saturated rings. The predicted octanol–water partition coefficient (Wildman–Crippen LogP) is -3.88. The van der Waals surface area contributed by atoms with E-state index >= 15 is 0 Å². The number of rotatable bonds is 0. The Labute approximate surface area is 148 Å². The summed E-state index contributed by atoms with van der Waals surface area (Å²) in [6.45, 7) is 0. The molecule has 0 rings (SSSR count). The summed E-state index contributed by atoms with van der Waals surface area (Å²) in [6.07, 6.45) is 0. The van der Waals surface area contributed by atoms with Crippen molar-refractivity contribution in [2.24, 2.45) is 0 Å². The van der Waals surface area contributed by atoms with Crippen LogP contribution in [0.3, 0.4) is 0 Å². The summed E-state index contributed by atoms with van der Waals surface area (Å²) < 4.78 is 75.0. The molecule has 0 aromatic rings. The Bertz CT molecular complexity index is 217. The molecule has 10 nitrogen and oxygen atoms in total. The molecule has 0 atom stereocenters. The van der Waals surface area contributed by atoms with Gasteiger partial charge < -0.3 is 5.48 Å². The van der Waals surface area contributed by atoms with E-state index in [2.05, 4.69) is 0 Å². The fraction of sp³-hybridized carbons (Fsp3) is 0. The van der Waals surface area contributed by atoms with Crippen LogP contribution in [-0.4, -0.2) is 39.1 Å². The summed E-state index contributed by atoms with van der Waals surface area (Å²) in [6, 6.07) is 0. The van der Waals surface area contributed by atoms with Gasteiger partial charge in [-0.3, -0.25) is 0 Å². The number of hydrogen-bond acceptors (Lipinski definition) is 9. The molecule has 0 aliphatic rings. The molecule has 0 bridgehead atoms. The summed E-state index contributed by atoms with van der Waals surface area (Å²) in [5.74, 6) is 0. The molecule has 16 heavy (non-hydrogen) atoms. The van der Waals surface area contributed by atoms with E-state index < -0.39 is 48.3 Å². The first-order valence-corrected chi connectivity index (χ1v) is 6.29. The topological polar surface area (TPSA) is 187 Å². The Balaban J connectivity index is -0.0000000128. The van der Waals surface area contributed by atoms with Gasteiger partial charge in [0.05, 0.1) is 0 Å². The standard InChI is InChI=1S/2Na.2HO2P.2H2O.4O.2V/c;;2*1-3-2;;;;;;;;/h;;2*3H;2*1H2;;;;;;/q;+1;;;;;;;;;;+1/p-2. The van der Waals surface area contributed by atoms with Crippen molar-refractivity contribution in [3.63, 3.8) is 0 Å². The zero-order chi connectivity index (χ0) is 11.7. The Morgan fingerprint density at radius 1 is 0.938 bits per heavy atom. The van der Waals surface area contributed by atoms with Gasteiger partial charge in [0.15, 0.2) is 0 Å². The van der Waals surface area contributed by atoms with Gasteiger partial charge in [0.1, 0.15) is 0 Å². The first-order valence-electron chi connectivity index (χ1n) is 1.75. The summed E-state index contributed by atoms with van der Waals surface area (Å²) in [4.78, 5) is 0. The molecule has 0 aliphatic heterocycles. The molecule has 2 N–H and O–H groups in total. The first kappa shape index (κ1) is 43.0. The van der Waals surface area contributed by atoms with Crippen LogP contribution in [0.15, 0.2) is 0 Å². The Kier molecular flexibility index (Phi) is 182. The minimum absolute atomic E-state index is 0. The van der Waals surface area contributed by atoms with E-state index in [4.69, 9.17) is 37.0 Å². The van der Waals surface area contributed by atoms with Gasteiger partial charge in [-0.2, -0.15) is 0 Å². The molecule has 0 saturated carbocycles. The normalized spacial score (nSPS) is 3.56. The maximum atomic E-state index is 8.67. The molecular formula is H4Na2O10P2V2. The fourth-order valence-corrected chi connectivity index (χ4v) is 0. The van der Waals surface area contributed by atoms with E-state index in [0.717, 1.165) is 0 Å². The molecule has 0 unspecified atom stereocenters. The van der Waals surface area contributed by atoms with Crippen molar-refractivity contribution in [3.8, 4) is 0 Å². The van der Waals surface area contributed by atoms with Crippen LogP contribution in [-0.2, 0) is 64.5 Å². The van der Waals surface area contributed by atoms with Gasteiger partial charge in [0.25, 0.3) is 0 Å². The van der Waals surface area contributed by atoms with Crippen molar-refractivity contribution >= 4 is 46.2 Å². The van der Waals surface area contributed by atoms with Gasteiger partial charge in [-0.15, -0.1) is 0 Å². The molecule has 0 spiro atoms. The van der Waals surface area contributed by atoms with Crippen LogP contribution in [0.4, 0.5) is 0 Å². The van der Waals surface area contributed by atoms with Crippen molar-refractivity contribution < 1.29 is 104 Å². The van der Waals surface area contributed by atoms with E-state index in [1.807, 2.05) is 0 Å². The van der Waals surface area contributed by atoms with E-state index in [0.29, 0.717) is 0 Å². The van der Waals surface area contributed by atoms with Gasteiger partial charge in [0.2, 0.25) is 0 Å². The van der Waals surface area contributed by atoms with Gasteiger partial charge in [-0.1, -0.05) is 0 Å². The molecule has 86 valence electrons. The summed E-state index contributed by atoms with van der Waals surface area (Å²) in [5.41, 5.74) is 0. The van der Waals surface area contributed by atoms with Crippen LogP contribution in [0.2, 0.25) is 0 Å². The Morgan fingerprint density at radius 3 is 0.938 bits per heavy atom. The molecule has 0 saturated heterocycles. The summed E-state index contributed by atoms with van der Waals surface area (Å²) >= 11 is -5.50. The molecular weight excluding hydrogens is 370 g/mol. The van der Waals surface area contributed by atoms with E-state index in [1.54, 1.807) is 0 Å². The van der Waals surface area contributed by atoms with Crippen LogP contribution in [0, 0.1) is 0 Å². The maximum absolute atomic E-state index is 8.67. The first-order chi connectivity index (χ1) is 5.97. The van der Waals surface area contributed by atoms with Crippen LogP contribution in [0.1, 0.15) is 0 Å². The van der Waals surface area contributed by atoms with Crippen molar-refractivity contribution in [3.05, 3.63) is 0 Å². The van der Waals surface area contributed by atoms with Crippen molar-refractivity contribution in [1.29, 1.82) is 0 Å². The molecule has 0 aromatic carbocycles. The SMILES string of the molecule is O=[PH]=O.O=[PH]=O.[Na+].[Na].[OH-].[O]=[V](=[O])[OH].[O]=[V]=[O]. The monoisotopic (exact) mass is 374 g/mol. The van der Waals surface area contributed by atoms with Crippen molar-refractivity contribution in [2.75, 3.05) is 0 Å². The number of hydrogen-bond donors (Lipinski definition) is 1. The quantitative estimate of drug-likeness (QED) is 0.325. The van der Waals surface area contributed by atoms with Gasteiger partial charge in [-0.05, 0) is 0 Å². The van der Waals surface area contributed by atoms with Crippen LogP contribution in [0.25, 0.3) is 0 Å². The van der Waals surface area contributed by atoms with Gasteiger partial charge >= 0.3 is 96.5 Å². The molecule has 0 aromatic heterocycles. The Hall–Kier alpha value is 2.09. The third-order valence-electron chi connectivity index (χ3n) is 0. The van der Waals surface area contributed by atoms with E-state index in [9.17, 15) is 0 Å².